The molecule has 0 aliphatic heterocycles. The fraction of sp³-hybridized carbons (Fsp3) is 0.250. The van der Waals surface area contributed by atoms with Crippen molar-refractivity contribution in [3.8, 4) is 0 Å². The van der Waals surface area contributed by atoms with E-state index in [4.69, 9.17) is 0 Å². The molecule has 0 saturated carbocycles. The van der Waals surface area contributed by atoms with Crippen LogP contribution in [0.15, 0.2) is 12.7 Å². The number of aromatic amines is 1. The minimum atomic E-state index is -0.246. The first-order chi connectivity index (χ1) is 7.18. The lowest BCUT2D eigenvalue weighted by atomic mass is 10.5. The zero-order valence-electron chi connectivity index (χ0n) is 8.35. The summed E-state index contributed by atoms with van der Waals surface area (Å²) in [5.74, 6) is 0.427. The third kappa shape index (κ3) is 1.71. The second kappa shape index (κ2) is 3.52. The van der Waals surface area contributed by atoms with Gasteiger partial charge < -0.3 is 9.88 Å². The lowest BCUT2D eigenvalue weighted by Crippen LogP contribution is -2.27. The molecule has 2 rings (SSSR count). The Kier molecular flexibility index (Phi) is 2.20. The third-order valence-electron chi connectivity index (χ3n) is 1.85. The Morgan fingerprint density at radius 1 is 1.40 bits per heavy atom. The number of nitrogens with zero attached hydrogens (tertiary/aromatic N) is 4. The highest BCUT2D eigenvalue weighted by molar-refractivity contribution is 5.95. The summed E-state index contributed by atoms with van der Waals surface area (Å²) in [7, 11) is 3.31. The molecule has 0 unspecified atom stereocenters. The third-order valence-corrected chi connectivity index (χ3v) is 1.85. The topological polar surface area (TPSA) is 86.8 Å². The Morgan fingerprint density at radius 3 is 2.93 bits per heavy atom. The summed E-state index contributed by atoms with van der Waals surface area (Å²) >= 11 is 0. The van der Waals surface area contributed by atoms with Crippen LogP contribution < -0.4 is 5.32 Å². The molecule has 0 radical (unpaired) electrons. The Hall–Kier alpha value is -2.18. The number of hydrogen-bond acceptors (Lipinski definition) is 4. The van der Waals surface area contributed by atoms with Crippen molar-refractivity contribution in [1.29, 1.82) is 0 Å². The smallest absolute Gasteiger partial charge is 0.322 e. The van der Waals surface area contributed by atoms with Crippen molar-refractivity contribution < 1.29 is 4.79 Å². The molecule has 0 atom stereocenters. The number of H-pyrrole nitrogens is 1. The maximum atomic E-state index is 11.4. The molecule has 0 aliphatic rings. The summed E-state index contributed by atoms with van der Waals surface area (Å²) in [5, 5.41) is 2.64. The van der Waals surface area contributed by atoms with Crippen molar-refractivity contribution in [2.45, 2.75) is 0 Å². The number of amides is 2. The van der Waals surface area contributed by atoms with E-state index in [2.05, 4.69) is 25.3 Å². The van der Waals surface area contributed by atoms with Crippen molar-refractivity contribution in [1.82, 2.24) is 24.8 Å². The molecule has 2 N–H and O–H groups in total. The first-order valence-electron chi connectivity index (χ1n) is 4.31. The number of carbonyl (C=O) groups is 1. The van der Waals surface area contributed by atoms with E-state index in [-0.39, 0.29) is 6.03 Å². The Morgan fingerprint density at radius 2 is 2.20 bits per heavy atom. The van der Waals surface area contributed by atoms with Gasteiger partial charge in [-0.3, -0.25) is 5.32 Å². The standard InChI is InChI=1S/C8H10N6O/c1-14(2)8(15)13-7-5-6(10-3-9-5)11-4-12-7/h3-4H,1-2H3,(H2,9,10,11,12,13,15). The maximum Gasteiger partial charge on any atom is 0.322 e. The SMILES string of the molecule is CN(C)C(=O)Nc1ncnc2nc[nH]c12. The highest BCUT2D eigenvalue weighted by atomic mass is 16.2. The molecule has 0 bridgehead atoms. The van der Waals surface area contributed by atoms with Gasteiger partial charge >= 0.3 is 6.03 Å². The lowest BCUT2D eigenvalue weighted by molar-refractivity contribution is 0.230. The number of rotatable bonds is 1. The molecule has 2 aromatic rings. The van der Waals surface area contributed by atoms with Gasteiger partial charge in [-0.15, -0.1) is 0 Å². The van der Waals surface area contributed by atoms with E-state index < -0.39 is 0 Å². The summed E-state index contributed by atoms with van der Waals surface area (Å²) in [5.41, 5.74) is 1.15. The molecule has 2 amide bonds. The molecule has 7 nitrogen and oxygen atoms in total. The molecule has 2 aromatic heterocycles. The predicted octanol–water partition coefficient (Wildman–Crippen LogP) is 0.446. The number of imidazole rings is 1. The number of hydrogen-bond donors (Lipinski definition) is 2. The van der Waals surface area contributed by atoms with Gasteiger partial charge in [-0.1, -0.05) is 0 Å². The van der Waals surface area contributed by atoms with Crippen LogP contribution in [0.25, 0.3) is 11.2 Å². The first kappa shape index (κ1) is 9.38. The molecule has 0 spiro atoms. The van der Waals surface area contributed by atoms with Gasteiger partial charge in [0.05, 0.1) is 6.33 Å². The van der Waals surface area contributed by atoms with Gasteiger partial charge in [-0.05, 0) is 0 Å². The number of carbonyl (C=O) groups excluding carboxylic acids is 1. The molecule has 0 fully saturated rings. The van der Waals surface area contributed by atoms with Crippen LogP contribution in [-0.4, -0.2) is 45.0 Å². The molecule has 0 saturated heterocycles. The van der Waals surface area contributed by atoms with E-state index in [9.17, 15) is 4.79 Å². The minimum absolute atomic E-state index is 0.246. The summed E-state index contributed by atoms with van der Waals surface area (Å²) < 4.78 is 0. The Bertz CT molecular complexity index is 491. The molecule has 2 heterocycles. The van der Waals surface area contributed by atoms with Crippen LogP contribution >= 0.6 is 0 Å². The summed E-state index contributed by atoms with van der Waals surface area (Å²) in [6.45, 7) is 0. The van der Waals surface area contributed by atoms with Gasteiger partial charge in [0.25, 0.3) is 0 Å². The van der Waals surface area contributed by atoms with Crippen molar-refractivity contribution in [2.75, 3.05) is 19.4 Å². The van der Waals surface area contributed by atoms with Crippen LogP contribution in [0.2, 0.25) is 0 Å². The van der Waals surface area contributed by atoms with E-state index in [1.54, 1.807) is 14.1 Å². The van der Waals surface area contributed by atoms with Crippen LogP contribution in [0.5, 0.6) is 0 Å². The van der Waals surface area contributed by atoms with Gasteiger partial charge in [0.2, 0.25) is 0 Å². The number of aromatic nitrogens is 4. The monoisotopic (exact) mass is 206 g/mol. The van der Waals surface area contributed by atoms with E-state index in [0.29, 0.717) is 17.0 Å². The lowest BCUT2D eigenvalue weighted by Gasteiger charge is -2.11. The van der Waals surface area contributed by atoms with Gasteiger partial charge in [-0.25, -0.2) is 19.7 Å². The van der Waals surface area contributed by atoms with E-state index in [1.807, 2.05) is 0 Å². The summed E-state index contributed by atoms with van der Waals surface area (Å²) in [6, 6.07) is -0.246. The molecular weight excluding hydrogens is 196 g/mol. The number of fused-ring (bicyclic) bond motifs is 1. The molecule has 0 aromatic carbocycles. The molecule has 15 heavy (non-hydrogen) atoms. The average molecular weight is 206 g/mol. The van der Waals surface area contributed by atoms with E-state index in [0.717, 1.165) is 0 Å². The van der Waals surface area contributed by atoms with Crippen LogP contribution in [0.4, 0.5) is 10.6 Å². The fourth-order valence-corrected chi connectivity index (χ4v) is 1.07. The summed E-state index contributed by atoms with van der Waals surface area (Å²) in [4.78, 5) is 27.5. The predicted molar refractivity (Wildman–Crippen MR) is 54.4 cm³/mol. The summed E-state index contributed by atoms with van der Waals surface area (Å²) in [6.07, 6.45) is 2.86. The van der Waals surface area contributed by atoms with E-state index in [1.165, 1.54) is 17.6 Å². The number of nitrogens with one attached hydrogen (secondary N) is 2. The van der Waals surface area contributed by atoms with Crippen molar-refractivity contribution in [3.63, 3.8) is 0 Å². The second-order valence-electron chi connectivity index (χ2n) is 3.15. The average Bonchev–Trinajstić information content (AvgIpc) is 2.66. The van der Waals surface area contributed by atoms with Crippen LogP contribution in [0.1, 0.15) is 0 Å². The Balaban J connectivity index is 2.35. The highest BCUT2D eigenvalue weighted by Crippen LogP contribution is 2.14. The fourth-order valence-electron chi connectivity index (χ4n) is 1.07. The van der Waals surface area contributed by atoms with Gasteiger partial charge in [0, 0.05) is 14.1 Å². The largest absolute Gasteiger partial charge is 0.340 e. The number of anilines is 1. The maximum absolute atomic E-state index is 11.4. The molecule has 7 heteroatoms. The van der Waals surface area contributed by atoms with Crippen LogP contribution in [0, 0.1) is 0 Å². The van der Waals surface area contributed by atoms with Gasteiger partial charge in [0.1, 0.15) is 11.8 Å². The van der Waals surface area contributed by atoms with E-state index >= 15 is 0 Å². The zero-order valence-corrected chi connectivity index (χ0v) is 8.35. The van der Waals surface area contributed by atoms with Crippen molar-refractivity contribution in [3.05, 3.63) is 12.7 Å². The highest BCUT2D eigenvalue weighted by Gasteiger charge is 2.09. The molecular formula is C8H10N6O. The molecule has 0 aliphatic carbocycles. The zero-order chi connectivity index (χ0) is 10.8. The Labute approximate surface area is 85.5 Å². The molecule has 78 valence electrons. The number of urea groups is 1. The quantitative estimate of drug-likeness (QED) is 0.709. The van der Waals surface area contributed by atoms with Crippen molar-refractivity contribution in [2.24, 2.45) is 0 Å². The van der Waals surface area contributed by atoms with Gasteiger partial charge in [-0.2, -0.15) is 0 Å². The van der Waals surface area contributed by atoms with Crippen molar-refractivity contribution >= 4 is 23.0 Å². The minimum Gasteiger partial charge on any atom is -0.340 e. The van der Waals surface area contributed by atoms with Gasteiger partial charge in [0.15, 0.2) is 11.5 Å². The van der Waals surface area contributed by atoms with Crippen LogP contribution in [-0.2, 0) is 0 Å². The van der Waals surface area contributed by atoms with Crippen LogP contribution in [0.3, 0.4) is 0 Å². The first-order valence-corrected chi connectivity index (χ1v) is 4.31. The second-order valence-corrected chi connectivity index (χ2v) is 3.15. The normalized spacial score (nSPS) is 10.3.